The second-order valence-corrected chi connectivity index (χ2v) is 3.33. The molecule has 0 saturated heterocycles. The van der Waals surface area contributed by atoms with Crippen LogP contribution >= 0.6 is 0 Å². The number of unbranched alkanes of at least 4 members (excludes halogenated alkanes) is 6. The van der Waals surface area contributed by atoms with Crippen LogP contribution in [0, 0.1) is 0 Å². The predicted octanol–water partition coefficient (Wildman–Crippen LogP) is 3.14. The minimum absolute atomic E-state index is 0.338. The van der Waals surface area contributed by atoms with Crippen molar-refractivity contribution in [3.63, 3.8) is 0 Å². The Hall–Kier alpha value is -0.570. The topological polar surface area (TPSA) is 46.5 Å². The van der Waals surface area contributed by atoms with E-state index in [9.17, 15) is 4.79 Å². The summed E-state index contributed by atoms with van der Waals surface area (Å²) in [4.78, 5) is 14.0. The molecule has 0 aromatic rings. The molecular formula is C10H20O3. The van der Waals surface area contributed by atoms with Crippen LogP contribution in [0.4, 0.5) is 0 Å². The van der Waals surface area contributed by atoms with Gasteiger partial charge in [-0.3, -0.25) is 0 Å². The first-order chi connectivity index (χ1) is 6.31. The Morgan fingerprint density at radius 1 is 1.08 bits per heavy atom. The van der Waals surface area contributed by atoms with Crippen LogP contribution in [0.5, 0.6) is 0 Å². The van der Waals surface area contributed by atoms with Crippen molar-refractivity contribution in [3.05, 3.63) is 0 Å². The fraction of sp³-hybridized carbons (Fsp3) is 0.900. The number of rotatable bonds is 8. The first-order valence-corrected chi connectivity index (χ1v) is 5.15. The lowest BCUT2D eigenvalue weighted by Gasteiger charge is -1.99. The molecule has 0 aliphatic heterocycles. The van der Waals surface area contributed by atoms with Gasteiger partial charge in [-0.15, -0.1) is 0 Å². The lowest BCUT2D eigenvalue weighted by Crippen LogP contribution is -1.99. The van der Waals surface area contributed by atoms with Gasteiger partial charge in [0.2, 0.25) is 0 Å². The smallest absolute Gasteiger partial charge is 0.301 e. The molecule has 0 aromatic carbocycles. The normalized spacial score (nSPS) is 10.0. The molecule has 0 heterocycles. The highest BCUT2D eigenvalue weighted by atomic mass is 17.1. The largest absolute Gasteiger partial charge is 0.342 e. The van der Waals surface area contributed by atoms with Crippen LogP contribution in [-0.4, -0.2) is 11.2 Å². The van der Waals surface area contributed by atoms with Crippen molar-refractivity contribution >= 4 is 5.97 Å². The van der Waals surface area contributed by atoms with Gasteiger partial charge in [0, 0.05) is 6.42 Å². The van der Waals surface area contributed by atoms with E-state index in [1.165, 1.54) is 32.1 Å². The highest BCUT2D eigenvalue weighted by Crippen LogP contribution is 2.08. The van der Waals surface area contributed by atoms with Crippen molar-refractivity contribution in [2.24, 2.45) is 0 Å². The van der Waals surface area contributed by atoms with Crippen LogP contribution in [0.3, 0.4) is 0 Å². The summed E-state index contributed by atoms with van der Waals surface area (Å²) in [5.41, 5.74) is 0. The minimum Gasteiger partial charge on any atom is -0.301 e. The van der Waals surface area contributed by atoms with Gasteiger partial charge < -0.3 is 4.89 Å². The number of hydrogen-bond acceptors (Lipinski definition) is 3. The zero-order valence-electron chi connectivity index (χ0n) is 8.42. The molecule has 0 rings (SSSR count). The quantitative estimate of drug-likeness (QED) is 0.361. The average molecular weight is 188 g/mol. The molecule has 3 nitrogen and oxygen atoms in total. The zero-order valence-corrected chi connectivity index (χ0v) is 8.42. The molecule has 0 aliphatic carbocycles. The van der Waals surface area contributed by atoms with E-state index in [1.807, 2.05) is 0 Å². The fourth-order valence-corrected chi connectivity index (χ4v) is 1.27. The van der Waals surface area contributed by atoms with Crippen molar-refractivity contribution in [2.75, 3.05) is 0 Å². The molecule has 13 heavy (non-hydrogen) atoms. The van der Waals surface area contributed by atoms with Crippen LogP contribution in [0.15, 0.2) is 0 Å². The number of hydrogen-bond donors (Lipinski definition) is 1. The summed E-state index contributed by atoms with van der Waals surface area (Å²) in [6.45, 7) is 2.19. The summed E-state index contributed by atoms with van der Waals surface area (Å²) in [6, 6.07) is 0. The minimum atomic E-state index is -0.520. The van der Waals surface area contributed by atoms with Crippen LogP contribution in [0.25, 0.3) is 0 Å². The lowest BCUT2D eigenvalue weighted by molar-refractivity contribution is -0.234. The summed E-state index contributed by atoms with van der Waals surface area (Å²) in [5, 5.41) is 7.96. The Balaban J connectivity index is 2.95. The van der Waals surface area contributed by atoms with Gasteiger partial charge >= 0.3 is 5.97 Å². The van der Waals surface area contributed by atoms with E-state index in [2.05, 4.69) is 11.8 Å². The van der Waals surface area contributed by atoms with Crippen molar-refractivity contribution in [3.8, 4) is 0 Å². The van der Waals surface area contributed by atoms with E-state index < -0.39 is 5.97 Å². The van der Waals surface area contributed by atoms with Crippen molar-refractivity contribution in [1.29, 1.82) is 0 Å². The SMILES string of the molecule is CCCCCCCCCC(=O)OO. The van der Waals surface area contributed by atoms with E-state index in [0.29, 0.717) is 6.42 Å². The summed E-state index contributed by atoms with van der Waals surface area (Å²) in [7, 11) is 0. The summed E-state index contributed by atoms with van der Waals surface area (Å²) < 4.78 is 0. The second-order valence-electron chi connectivity index (χ2n) is 3.33. The van der Waals surface area contributed by atoms with Crippen LogP contribution in [0.1, 0.15) is 58.3 Å². The van der Waals surface area contributed by atoms with Crippen LogP contribution in [-0.2, 0) is 9.68 Å². The molecule has 0 fully saturated rings. The Morgan fingerprint density at radius 3 is 2.15 bits per heavy atom. The molecule has 0 unspecified atom stereocenters. The van der Waals surface area contributed by atoms with Gasteiger partial charge in [-0.2, -0.15) is 5.26 Å². The first-order valence-electron chi connectivity index (χ1n) is 5.15. The first kappa shape index (κ1) is 12.4. The summed E-state index contributed by atoms with van der Waals surface area (Å²) in [5.74, 6) is -0.520. The molecule has 0 bridgehead atoms. The van der Waals surface area contributed by atoms with Crippen LogP contribution in [0.2, 0.25) is 0 Å². The third-order valence-corrected chi connectivity index (χ3v) is 2.09. The number of carbonyl (C=O) groups is 1. The van der Waals surface area contributed by atoms with Gasteiger partial charge in [-0.05, 0) is 6.42 Å². The van der Waals surface area contributed by atoms with E-state index in [4.69, 9.17) is 5.26 Å². The highest BCUT2D eigenvalue weighted by molar-refractivity contribution is 5.68. The van der Waals surface area contributed by atoms with E-state index in [-0.39, 0.29) is 0 Å². The Kier molecular flexibility index (Phi) is 9.10. The predicted molar refractivity (Wildman–Crippen MR) is 51.3 cm³/mol. The Labute approximate surface area is 80.0 Å². The van der Waals surface area contributed by atoms with Crippen molar-refractivity contribution < 1.29 is 14.9 Å². The Morgan fingerprint density at radius 2 is 1.62 bits per heavy atom. The highest BCUT2D eigenvalue weighted by Gasteiger charge is 2.00. The number of carbonyl (C=O) groups excluding carboxylic acids is 1. The monoisotopic (exact) mass is 188 g/mol. The van der Waals surface area contributed by atoms with E-state index >= 15 is 0 Å². The maximum Gasteiger partial charge on any atom is 0.342 e. The molecule has 0 amide bonds. The van der Waals surface area contributed by atoms with Crippen molar-refractivity contribution in [2.45, 2.75) is 58.3 Å². The Bertz CT molecular complexity index is 123. The summed E-state index contributed by atoms with van der Waals surface area (Å²) >= 11 is 0. The lowest BCUT2D eigenvalue weighted by atomic mass is 10.1. The van der Waals surface area contributed by atoms with Gasteiger partial charge in [0.1, 0.15) is 0 Å². The van der Waals surface area contributed by atoms with Gasteiger partial charge in [0.15, 0.2) is 0 Å². The van der Waals surface area contributed by atoms with Gasteiger partial charge in [0.25, 0.3) is 0 Å². The van der Waals surface area contributed by atoms with Crippen molar-refractivity contribution in [1.82, 2.24) is 0 Å². The molecule has 0 spiro atoms. The second kappa shape index (κ2) is 9.52. The van der Waals surface area contributed by atoms with Gasteiger partial charge in [-0.1, -0.05) is 45.4 Å². The molecule has 0 aliphatic rings. The standard InChI is InChI=1S/C10H20O3/c1-2-3-4-5-6-7-8-9-10(11)13-12/h12H,2-9H2,1H3. The van der Waals surface area contributed by atoms with E-state index in [0.717, 1.165) is 12.8 Å². The van der Waals surface area contributed by atoms with E-state index in [1.54, 1.807) is 0 Å². The maximum absolute atomic E-state index is 10.5. The summed E-state index contributed by atoms with van der Waals surface area (Å²) in [6.07, 6.45) is 8.51. The molecule has 0 aromatic heterocycles. The maximum atomic E-state index is 10.5. The van der Waals surface area contributed by atoms with Gasteiger partial charge in [0.05, 0.1) is 0 Å². The molecular weight excluding hydrogens is 168 g/mol. The third kappa shape index (κ3) is 9.34. The molecule has 0 atom stereocenters. The molecule has 0 saturated carbocycles. The fourth-order valence-electron chi connectivity index (χ4n) is 1.27. The van der Waals surface area contributed by atoms with Gasteiger partial charge in [-0.25, -0.2) is 4.79 Å². The van der Waals surface area contributed by atoms with Crippen LogP contribution < -0.4 is 0 Å². The molecule has 78 valence electrons. The molecule has 0 radical (unpaired) electrons. The molecule has 1 N–H and O–H groups in total. The molecule has 3 heteroatoms. The third-order valence-electron chi connectivity index (χ3n) is 2.09. The zero-order chi connectivity index (χ0) is 9.94. The average Bonchev–Trinajstić information content (AvgIpc) is 2.16.